The SMILES string of the molecule is CC(CCc1ccccc1)NC(=O)Cc1ccccc1Cl. The zero-order valence-corrected chi connectivity index (χ0v) is 12.9. The average Bonchev–Trinajstić information content (AvgIpc) is 2.48. The Morgan fingerprint density at radius 2 is 1.76 bits per heavy atom. The van der Waals surface area contributed by atoms with E-state index in [-0.39, 0.29) is 11.9 Å². The topological polar surface area (TPSA) is 29.1 Å². The van der Waals surface area contributed by atoms with E-state index in [0.717, 1.165) is 18.4 Å². The van der Waals surface area contributed by atoms with Crippen LogP contribution in [0.2, 0.25) is 5.02 Å². The van der Waals surface area contributed by atoms with Crippen molar-refractivity contribution in [3.05, 3.63) is 70.7 Å². The number of carbonyl (C=O) groups excluding carboxylic acids is 1. The number of rotatable bonds is 6. The first-order valence-electron chi connectivity index (χ1n) is 7.22. The lowest BCUT2D eigenvalue weighted by Crippen LogP contribution is -2.34. The van der Waals surface area contributed by atoms with Gasteiger partial charge in [-0.15, -0.1) is 0 Å². The summed E-state index contributed by atoms with van der Waals surface area (Å²) in [7, 11) is 0. The average molecular weight is 302 g/mol. The van der Waals surface area contributed by atoms with Gasteiger partial charge in [-0.25, -0.2) is 0 Å². The van der Waals surface area contributed by atoms with Gasteiger partial charge in [-0.05, 0) is 37.0 Å². The van der Waals surface area contributed by atoms with Crippen LogP contribution in [0.1, 0.15) is 24.5 Å². The van der Waals surface area contributed by atoms with Gasteiger partial charge in [-0.1, -0.05) is 60.1 Å². The van der Waals surface area contributed by atoms with Crippen molar-refractivity contribution >= 4 is 17.5 Å². The highest BCUT2D eigenvalue weighted by atomic mass is 35.5. The summed E-state index contributed by atoms with van der Waals surface area (Å²) in [5.74, 6) is 0.0173. The van der Waals surface area contributed by atoms with Gasteiger partial charge in [-0.2, -0.15) is 0 Å². The van der Waals surface area contributed by atoms with Gasteiger partial charge in [0.25, 0.3) is 0 Å². The van der Waals surface area contributed by atoms with Gasteiger partial charge in [0.05, 0.1) is 6.42 Å². The van der Waals surface area contributed by atoms with E-state index in [1.807, 2.05) is 49.4 Å². The molecule has 1 atom stereocenters. The Labute approximate surface area is 131 Å². The molecule has 2 rings (SSSR count). The van der Waals surface area contributed by atoms with E-state index in [0.29, 0.717) is 11.4 Å². The summed E-state index contributed by atoms with van der Waals surface area (Å²) in [6.45, 7) is 2.04. The number of nitrogens with one attached hydrogen (secondary N) is 1. The lowest BCUT2D eigenvalue weighted by molar-refractivity contribution is -0.121. The number of halogens is 1. The van der Waals surface area contributed by atoms with Crippen molar-refractivity contribution in [2.24, 2.45) is 0 Å². The van der Waals surface area contributed by atoms with Crippen LogP contribution in [0.15, 0.2) is 54.6 Å². The highest BCUT2D eigenvalue weighted by molar-refractivity contribution is 6.31. The second-order valence-electron chi connectivity index (χ2n) is 5.26. The fourth-order valence-corrected chi connectivity index (χ4v) is 2.44. The molecule has 2 nitrogen and oxygen atoms in total. The molecule has 0 fully saturated rings. The minimum atomic E-state index is 0.0173. The van der Waals surface area contributed by atoms with Crippen LogP contribution >= 0.6 is 11.6 Å². The van der Waals surface area contributed by atoms with Gasteiger partial charge in [0.15, 0.2) is 0 Å². The lowest BCUT2D eigenvalue weighted by atomic mass is 10.1. The largest absolute Gasteiger partial charge is 0.353 e. The van der Waals surface area contributed by atoms with Crippen LogP contribution in [0.3, 0.4) is 0 Å². The number of amides is 1. The number of carbonyl (C=O) groups is 1. The van der Waals surface area contributed by atoms with Crippen LogP contribution in [0.5, 0.6) is 0 Å². The van der Waals surface area contributed by atoms with E-state index in [1.54, 1.807) is 0 Å². The molecule has 0 bridgehead atoms. The van der Waals surface area contributed by atoms with Crippen molar-refractivity contribution < 1.29 is 4.79 Å². The summed E-state index contributed by atoms with van der Waals surface area (Å²) in [6.07, 6.45) is 2.22. The maximum atomic E-state index is 12.0. The highest BCUT2D eigenvalue weighted by Gasteiger charge is 2.10. The van der Waals surface area contributed by atoms with Gasteiger partial charge >= 0.3 is 0 Å². The van der Waals surface area contributed by atoms with Gasteiger partial charge in [-0.3, -0.25) is 4.79 Å². The van der Waals surface area contributed by atoms with Crippen molar-refractivity contribution in [1.82, 2.24) is 5.32 Å². The molecular weight excluding hydrogens is 282 g/mol. The summed E-state index contributed by atoms with van der Waals surface area (Å²) < 4.78 is 0. The molecule has 0 aromatic heterocycles. The Morgan fingerprint density at radius 1 is 1.10 bits per heavy atom. The fourth-order valence-electron chi connectivity index (χ4n) is 2.24. The molecule has 3 heteroatoms. The summed E-state index contributed by atoms with van der Waals surface area (Å²) in [4.78, 5) is 12.0. The molecule has 0 spiro atoms. The molecule has 0 radical (unpaired) electrons. The van der Waals surface area contributed by atoms with Crippen LogP contribution < -0.4 is 5.32 Å². The van der Waals surface area contributed by atoms with Gasteiger partial charge in [0, 0.05) is 11.1 Å². The van der Waals surface area contributed by atoms with Crippen LogP contribution in [0, 0.1) is 0 Å². The molecule has 1 unspecified atom stereocenters. The normalized spacial score (nSPS) is 11.9. The molecule has 0 aliphatic rings. The number of benzene rings is 2. The zero-order valence-electron chi connectivity index (χ0n) is 12.2. The first-order chi connectivity index (χ1) is 10.1. The van der Waals surface area contributed by atoms with Crippen LogP contribution in [-0.2, 0) is 17.6 Å². The highest BCUT2D eigenvalue weighted by Crippen LogP contribution is 2.15. The molecule has 1 N–H and O–H groups in total. The summed E-state index contributed by atoms with van der Waals surface area (Å²) in [5.41, 5.74) is 2.16. The lowest BCUT2D eigenvalue weighted by Gasteiger charge is -2.14. The van der Waals surface area contributed by atoms with Gasteiger partial charge in [0.1, 0.15) is 0 Å². The Morgan fingerprint density at radius 3 is 2.48 bits per heavy atom. The van der Waals surface area contributed by atoms with E-state index in [1.165, 1.54) is 5.56 Å². The summed E-state index contributed by atoms with van der Waals surface area (Å²) in [5, 5.41) is 3.67. The second kappa shape index (κ2) is 7.84. The number of aryl methyl sites for hydroxylation is 1. The van der Waals surface area contributed by atoms with Crippen molar-refractivity contribution in [2.45, 2.75) is 32.2 Å². The number of hydrogen-bond acceptors (Lipinski definition) is 1. The fraction of sp³-hybridized carbons (Fsp3) is 0.278. The Hall–Kier alpha value is -1.80. The van der Waals surface area contributed by atoms with E-state index in [9.17, 15) is 4.79 Å². The quantitative estimate of drug-likeness (QED) is 0.858. The van der Waals surface area contributed by atoms with Crippen LogP contribution in [0.25, 0.3) is 0 Å². The zero-order chi connectivity index (χ0) is 15.1. The minimum absolute atomic E-state index is 0.0173. The Balaban J connectivity index is 1.78. The van der Waals surface area contributed by atoms with Crippen LogP contribution in [-0.4, -0.2) is 11.9 Å². The molecular formula is C18H20ClNO. The first-order valence-corrected chi connectivity index (χ1v) is 7.59. The van der Waals surface area contributed by atoms with E-state index in [4.69, 9.17) is 11.6 Å². The molecule has 0 heterocycles. The van der Waals surface area contributed by atoms with E-state index < -0.39 is 0 Å². The van der Waals surface area contributed by atoms with Crippen molar-refractivity contribution in [3.63, 3.8) is 0 Å². The molecule has 21 heavy (non-hydrogen) atoms. The number of hydrogen-bond donors (Lipinski definition) is 1. The van der Waals surface area contributed by atoms with Gasteiger partial charge in [0.2, 0.25) is 5.91 Å². The predicted molar refractivity (Wildman–Crippen MR) is 87.5 cm³/mol. The van der Waals surface area contributed by atoms with Crippen LogP contribution in [0.4, 0.5) is 0 Å². The molecule has 0 saturated carbocycles. The second-order valence-corrected chi connectivity index (χ2v) is 5.67. The monoisotopic (exact) mass is 301 g/mol. The molecule has 1 amide bonds. The van der Waals surface area contributed by atoms with E-state index >= 15 is 0 Å². The molecule has 0 saturated heterocycles. The first kappa shape index (κ1) is 15.6. The maximum Gasteiger partial charge on any atom is 0.224 e. The molecule has 110 valence electrons. The third kappa shape index (κ3) is 5.24. The van der Waals surface area contributed by atoms with E-state index in [2.05, 4.69) is 17.4 Å². The summed E-state index contributed by atoms with van der Waals surface area (Å²) in [6, 6.07) is 17.9. The predicted octanol–water partition coefficient (Wildman–Crippen LogP) is 4.02. The van der Waals surface area contributed by atoms with Crippen molar-refractivity contribution in [3.8, 4) is 0 Å². The molecule has 0 aliphatic carbocycles. The summed E-state index contributed by atoms with van der Waals surface area (Å²) >= 11 is 6.07. The maximum absolute atomic E-state index is 12.0. The third-order valence-corrected chi connectivity index (χ3v) is 3.79. The smallest absolute Gasteiger partial charge is 0.224 e. The van der Waals surface area contributed by atoms with Crippen molar-refractivity contribution in [1.29, 1.82) is 0 Å². The molecule has 0 aliphatic heterocycles. The minimum Gasteiger partial charge on any atom is -0.353 e. The Bertz CT molecular complexity index is 583. The third-order valence-electron chi connectivity index (χ3n) is 3.43. The van der Waals surface area contributed by atoms with Gasteiger partial charge < -0.3 is 5.32 Å². The molecule has 2 aromatic carbocycles. The standard InChI is InChI=1S/C18H20ClNO/c1-14(11-12-15-7-3-2-4-8-15)20-18(21)13-16-9-5-6-10-17(16)19/h2-10,14H,11-13H2,1H3,(H,20,21). The molecule has 2 aromatic rings. The Kier molecular flexibility index (Phi) is 5.82. The van der Waals surface area contributed by atoms with Crippen molar-refractivity contribution in [2.75, 3.05) is 0 Å².